The molecule has 2 heteroatoms. The lowest BCUT2D eigenvalue weighted by Gasteiger charge is -2.22. The summed E-state index contributed by atoms with van der Waals surface area (Å²) in [4.78, 5) is 11.7. The molecule has 16 heavy (non-hydrogen) atoms. The standard InChI is InChI=1S/C14H22O2/c1-11(10-14(2,3)4)8-12(15)9-13-6-5-7-16-13/h5-7,11H,8-10H2,1-4H3. The minimum Gasteiger partial charge on any atom is -0.469 e. The minimum absolute atomic E-state index is 0.270. The van der Waals surface area contributed by atoms with Crippen molar-refractivity contribution in [1.29, 1.82) is 0 Å². The van der Waals surface area contributed by atoms with Crippen LogP contribution in [0, 0.1) is 11.3 Å². The summed E-state index contributed by atoms with van der Waals surface area (Å²) in [6, 6.07) is 3.67. The van der Waals surface area contributed by atoms with Crippen molar-refractivity contribution in [2.45, 2.75) is 47.0 Å². The number of carbonyl (C=O) groups is 1. The lowest BCUT2D eigenvalue weighted by Crippen LogP contribution is -2.15. The van der Waals surface area contributed by atoms with Crippen LogP contribution in [-0.4, -0.2) is 5.78 Å². The van der Waals surface area contributed by atoms with Crippen molar-refractivity contribution in [3.8, 4) is 0 Å². The summed E-state index contributed by atoms with van der Waals surface area (Å²) >= 11 is 0. The van der Waals surface area contributed by atoms with E-state index >= 15 is 0 Å². The monoisotopic (exact) mass is 222 g/mol. The van der Waals surface area contributed by atoms with E-state index in [0.29, 0.717) is 24.2 Å². The molecule has 0 fully saturated rings. The summed E-state index contributed by atoms with van der Waals surface area (Å²) in [6.45, 7) is 8.77. The molecule has 0 amide bonds. The SMILES string of the molecule is CC(CC(=O)Cc1ccco1)CC(C)(C)C. The molecule has 0 saturated heterocycles. The van der Waals surface area contributed by atoms with Gasteiger partial charge in [-0.2, -0.15) is 0 Å². The lowest BCUT2D eigenvalue weighted by molar-refractivity contribution is -0.119. The van der Waals surface area contributed by atoms with Crippen LogP contribution < -0.4 is 0 Å². The van der Waals surface area contributed by atoms with Crippen molar-refractivity contribution >= 4 is 5.78 Å². The summed E-state index contributed by atoms with van der Waals surface area (Å²) < 4.78 is 5.17. The van der Waals surface area contributed by atoms with E-state index in [0.717, 1.165) is 12.2 Å². The summed E-state index contributed by atoms with van der Waals surface area (Å²) in [5, 5.41) is 0. The molecule has 0 radical (unpaired) electrons. The van der Waals surface area contributed by atoms with Crippen LogP contribution in [0.25, 0.3) is 0 Å². The topological polar surface area (TPSA) is 30.2 Å². The lowest BCUT2D eigenvalue weighted by atomic mass is 9.83. The van der Waals surface area contributed by atoms with Gasteiger partial charge in [-0.1, -0.05) is 27.7 Å². The van der Waals surface area contributed by atoms with Gasteiger partial charge in [-0.3, -0.25) is 4.79 Å². The summed E-state index contributed by atoms with van der Waals surface area (Å²) in [7, 11) is 0. The van der Waals surface area contributed by atoms with Gasteiger partial charge in [-0.25, -0.2) is 0 Å². The second-order valence-corrected chi connectivity index (χ2v) is 5.87. The third-order valence-electron chi connectivity index (χ3n) is 2.49. The van der Waals surface area contributed by atoms with Gasteiger partial charge in [0, 0.05) is 6.42 Å². The zero-order valence-electron chi connectivity index (χ0n) is 10.7. The number of furan rings is 1. The summed E-state index contributed by atoms with van der Waals surface area (Å²) in [6.07, 6.45) is 3.78. The fourth-order valence-corrected chi connectivity index (χ4v) is 2.19. The van der Waals surface area contributed by atoms with Crippen LogP contribution in [0.3, 0.4) is 0 Å². The van der Waals surface area contributed by atoms with E-state index in [4.69, 9.17) is 4.42 Å². The van der Waals surface area contributed by atoms with Gasteiger partial charge in [-0.05, 0) is 29.9 Å². The molecule has 0 saturated carbocycles. The van der Waals surface area contributed by atoms with Crippen LogP contribution in [0.15, 0.2) is 22.8 Å². The fraction of sp³-hybridized carbons (Fsp3) is 0.643. The molecular weight excluding hydrogens is 200 g/mol. The molecule has 1 unspecified atom stereocenters. The fourth-order valence-electron chi connectivity index (χ4n) is 2.19. The number of carbonyl (C=O) groups excluding carboxylic acids is 1. The predicted octanol–water partition coefficient (Wildman–Crippen LogP) is 3.85. The van der Waals surface area contributed by atoms with E-state index in [-0.39, 0.29) is 5.78 Å². The average molecular weight is 222 g/mol. The first-order valence-electron chi connectivity index (χ1n) is 5.91. The Morgan fingerprint density at radius 2 is 2.12 bits per heavy atom. The summed E-state index contributed by atoms with van der Waals surface area (Å²) in [5.74, 6) is 1.49. The second-order valence-electron chi connectivity index (χ2n) is 5.87. The number of hydrogen-bond acceptors (Lipinski definition) is 2. The highest BCUT2D eigenvalue weighted by Crippen LogP contribution is 2.26. The Bertz CT molecular complexity index is 317. The first-order chi connectivity index (χ1) is 7.37. The highest BCUT2D eigenvalue weighted by molar-refractivity contribution is 5.80. The van der Waals surface area contributed by atoms with E-state index in [1.807, 2.05) is 12.1 Å². The maximum atomic E-state index is 11.7. The molecule has 0 aromatic carbocycles. The largest absolute Gasteiger partial charge is 0.469 e. The Morgan fingerprint density at radius 3 is 2.62 bits per heavy atom. The number of Topliss-reactive ketones (excluding diaryl/α,β-unsaturated/α-hetero) is 1. The molecule has 1 rings (SSSR count). The maximum Gasteiger partial charge on any atom is 0.140 e. The van der Waals surface area contributed by atoms with E-state index in [9.17, 15) is 4.79 Å². The minimum atomic E-state index is 0.270. The van der Waals surface area contributed by atoms with Gasteiger partial charge in [0.25, 0.3) is 0 Å². The Kier molecular flexibility index (Phi) is 4.34. The van der Waals surface area contributed by atoms with Gasteiger partial charge in [0.05, 0.1) is 12.7 Å². The highest BCUT2D eigenvalue weighted by Gasteiger charge is 2.18. The zero-order valence-corrected chi connectivity index (χ0v) is 10.7. The van der Waals surface area contributed by atoms with Gasteiger partial charge in [-0.15, -0.1) is 0 Å². The molecular formula is C14H22O2. The molecule has 90 valence electrons. The number of hydrogen-bond donors (Lipinski definition) is 0. The molecule has 1 aromatic heterocycles. The Balaban J connectivity index is 2.34. The maximum absolute atomic E-state index is 11.7. The highest BCUT2D eigenvalue weighted by atomic mass is 16.3. The molecule has 0 aliphatic rings. The second kappa shape index (κ2) is 5.33. The Labute approximate surface area is 98.0 Å². The predicted molar refractivity (Wildman–Crippen MR) is 65.3 cm³/mol. The normalized spacial score (nSPS) is 13.8. The third-order valence-corrected chi connectivity index (χ3v) is 2.49. The molecule has 0 bridgehead atoms. The molecule has 1 aromatic rings. The Morgan fingerprint density at radius 1 is 1.44 bits per heavy atom. The quantitative estimate of drug-likeness (QED) is 0.757. The Hall–Kier alpha value is -1.05. The molecule has 0 aliphatic heterocycles. The van der Waals surface area contributed by atoms with Gasteiger partial charge >= 0.3 is 0 Å². The van der Waals surface area contributed by atoms with Gasteiger partial charge in [0.2, 0.25) is 0 Å². The van der Waals surface area contributed by atoms with E-state index < -0.39 is 0 Å². The van der Waals surface area contributed by atoms with Crippen LogP contribution in [0.5, 0.6) is 0 Å². The van der Waals surface area contributed by atoms with Gasteiger partial charge < -0.3 is 4.42 Å². The average Bonchev–Trinajstić information content (AvgIpc) is 2.51. The first-order valence-corrected chi connectivity index (χ1v) is 5.91. The van der Waals surface area contributed by atoms with Crippen molar-refractivity contribution in [2.24, 2.45) is 11.3 Å². The van der Waals surface area contributed by atoms with Crippen molar-refractivity contribution in [3.63, 3.8) is 0 Å². The smallest absolute Gasteiger partial charge is 0.140 e. The molecule has 0 aliphatic carbocycles. The van der Waals surface area contributed by atoms with Crippen molar-refractivity contribution in [2.75, 3.05) is 0 Å². The van der Waals surface area contributed by atoms with E-state index in [2.05, 4.69) is 27.7 Å². The number of rotatable bonds is 5. The van der Waals surface area contributed by atoms with Crippen molar-refractivity contribution in [3.05, 3.63) is 24.2 Å². The molecule has 0 N–H and O–H groups in total. The van der Waals surface area contributed by atoms with Gasteiger partial charge in [0.1, 0.15) is 11.5 Å². The molecule has 1 atom stereocenters. The molecule has 1 heterocycles. The first kappa shape index (κ1) is 13.0. The van der Waals surface area contributed by atoms with E-state index in [1.165, 1.54) is 0 Å². The third kappa shape index (κ3) is 5.15. The van der Waals surface area contributed by atoms with Crippen LogP contribution in [-0.2, 0) is 11.2 Å². The molecule has 2 nitrogen and oxygen atoms in total. The van der Waals surface area contributed by atoms with Crippen LogP contribution in [0.2, 0.25) is 0 Å². The van der Waals surface area contributed by atoms with Crippen LogP contribution in [0.4, 0.5) is 0 Å². The van der Waals surface area contributed by atoms with Gasteiger partial charge in [0.15, 0.2) is 0 Å². The zero-order chi connectivity index (χ0) is 12.2. The number of ketones is 1. The van der Waals surface area contributed by atoms with Crippen LogP contribution >= 0.6 is 0 Å². The van der Waals surface area contributed by atoms with E-state index in [1.54, 1.807) is 6.26 Å². The van der Waals surface area contributed by atoms with Crippen LogP contribution in [0.1, 0.15) is 46.3 Å². The van der Waals surface area contributed by atoms with Crippen molar-refractivity contribution < 1.29 is 9.21 Å². The summed E-state index contributed by atoms with van der Waals surface area (Å²) in [5.41, 5.74) is 0.296. The molecule has 0 spiro atoms. The van der Waals surface area contributed by atoms with Crippen molar-refractivity contribution in [1.82, 2.24) is 0 Å².